The lowest BCUT2D eigenvalue weighted by molar-refractivity contribution is 0.362. The van der Waals surface area contributed by atoms with Crippen molar-refractivity contribution in [1.82, 2.24) is 0 Å². The number of fused-ring (bicyclic) bond motifs is 3. The van der Waals surface area contributed by atoms with Gasteiger partial charge in [0.2, 0.25) is 0 Å². The van der Waals surface area contributed by atoms with Crippen LogP contribution in [0.2, 0.25) is 5.02 Å². The van der Waals surface area contributed by atoms with Gasteiger partial charge in [0.1, 0.15) is 0 Å². The molecular weight excluding hydrogens is 332 g/mol. The number of halogens is 1. The van der Waals surface area contributed by atoms with Crippen molar-refractivity contribution in [1.29, 1.82) is 0 Å². The second kappa shape index (κ2) is 5.54. The third-order valence-corrected chi connectivity index (χ3v) is 4.78. The SMILES string of the molecule is Clc1c2c(c(-c3ccccc3)c3ccccc13)Oc1ccccc1O2. The van der Waals surface area contributed by atoms with Gasteiger partial charge in [-0.05, 0) is 23.1 Å². The van der Waals surface area contributed by atoms with Crippen molar-refractivity contribution in [3.8, 4) is 34.1 Å². The molecule has 0 aliphatic carbocycles. The van der Waals surface area contributed by atoms with Gasteiger partial charge in [-0.15, -0.1) is 0 Å². The summed E-state index contributed by atoms with van der Waals surface area (Å²) < 4.78 is 12.4. The second-order valence-corrected chi connectivity index (χ2v) is 6.29. The van der Waals surface area contributed by atoms with Crippen LogP contribution in [-0.4, -0.2) is 0 Å². The summed E-state index contributed by atoms with van der Waals surface area (Å²) >= 11 is 6.68. The number of para-hydroxylation sites is 2. The Morgan fingerprint density at radius 3 is 1.84 bits per heavy atom. The molecule has 0 amide bonds. The first-order valence-corrected chi connectivity index (χ1v) is 8.45. The molecule has 0 spiro atoms. The topological polar surface area (TPSA) is 18.5 Å². The van der Waals surface area contributed by atoms with Crippen molar-refractivity contribution in [2.24, 2.45) is 0 Å². The maximum absolute atomic E-state index is 6.68. The molecule has 5 rings (SSSR count). The van der Waals surface area contributed by atoms with Crippen molar-refractivity contribution >= 4 is 22.4 Å². The van der Waals surface area contributed by atoms with Crippen LogP contribution in [0.3, 0.4) is 0 Å². The van der Waals surface area contributed by atoms with Crippen LogP contribution in [0.5, 0.6) is 23.0 Å². The lowest BCUT2D eigenvalue weighted by Gasteiger charge is -2.25. The first-order valence-electron chi connectivity index (χ1n) is 8.07. The highest BCUT2D eigenvalue weighted by atomic mass is 35.5. The minimum absolute atomic E-state index is 0.568. The van der Waals surface area contributed by atoms with Crippen molar-refractivity contribution in [2.75, 3.05) is 0 Å². The van der Waals surface area contributed by atoms with Crippen LogP contribution in [-0.2, 0) is 0 Å². The standard InChI is InChI=1S/C22H13ClO2/c23-20-16-11-5-4-10-15(16)19(14-8-2-1-3-9-14)21-22(20)25-18-13-7-6-12-17(18)24-21/h1-13H. The van der Waals surface area contributed by atoms with E-state index in [1.165, 1.54) is 0 Å². The van der Waals surface area contributed by atoms with Gasteiger partial charge in [0.25, 0.3) is 0 Å². The number of benzene rings is 4. The zero-order chi connectivity index (χ0) is 16.8. The Morgan fingerprint density at radius 1 is 0.560 bits per heavy atom. The summed E-state index contributed by atoms with van der Waals surface area (Å²) in [7, 11) is 0. The van der Waals surface area contributed by atoms with E-state index in [2.05, 4.69) is 18.2 Å². The maximum Gasteiger partial charge on any atom is 0.190 e. The van der Waals surface area contributed by atoms with Gasteiger partial charge >= 0.3 is 0 Å². The Morgan fingerprint density at radius 2 is 1.12 bits per heavy atom. The van der Waals surface area contributed by atoms with E-state index in [1.54, 1.807) is 0 Å². The summed E-state index contributed by atoms with van der Waals surface area (Å²) in [6, 6.07) is 25.9. The van der Waals surface area contributed by atoms with Gasteiger partial charge in [-0.25, -0.2) is 0 Å². The molecule has 2 nitrogen and oxygen atoms in total. The van der Waals surface area contributed by atoms with Crippen molar-refractivity contribution in [3.63, 3.8) is 0 Å². The van der Waals surface area contributed by atoms with E-state index in [4.69, 9.17) is 21.1 Å². The van der Waals surface area contributed by atoms with Gasteiger partial charge in [0.15, 0.2) is 23.0 Å². The molecular formula is C22H13ClO2. The number of hydrogen-bond donors (Lipinski definition) is 0. The Kier molecular flexibility index (Phi) is 3.19. The Balaban J connectivity index is 1.89. The van der Waals surface area contributed by atoms with Gasteiger partial charge < -0.3 is 9.47 Å². The molecule has 120 valence electrons. The first kappa shape index (κ1) is 14.4. The quantitative estimate of drug-likeness (QED) is 0.324. The zero-order valence-corrected chi connectivity index (χ0v) is 14.0. The molecule has 0 saturated carbocycles. The van der Waals surface area contributed by atoms with Crippen LogP contribution in [0.4, 0.5) is 0 Å². The molecule has 3 heteroatoms. The monoisotopic (exact) mass is 344 g/mol. The molecule has 4 aromatic carbocycles. The normalized spacial score (nSPS) is 12.0. The fourth-order valence-corrected chi connectivity index (χ4v) is 3.56. The lowest BCUT2D eigenvalue weighted by atomic mass is 9.96. The molecule has 0 unspecified atom stereocenters. The molecule has 0 saturated heterocycles. The predicted octanol–water partition coefficient (Wildman–Crippen LogP) is 7.06. The van der Waals surface area contributed by atoms with Crippen LogP contribution in [0.15, 0.2) is 78.9 Å². The van der Waals surface area contributed by atoms with E-state index in [1.807, 2.05) is 60.7 Å². The Labute approximate surface area is 150 Å². The fourth-order valence-electron chi connectivity index (χ4n) is 3.27. The minimum Gasteiger partial charge on any atom is -0.449 e. The van der Waals surface area contributed by atoms with Crippen LogP contribution in [0.1, 0.15) is 0 Å². The molecule has 1 aliphatic heterocycles. The van der Waals surface area contributed by atoms with E-state index in [9.17, 15) is 0 Å². The summed E-state index contributed by atoms with van der Waals surface area (Å²) in [6.45, 7) is 0. The smallest absolute Gasteiger partial charge is 0.190 e. The van der Waals surface area contributed by atoms with Crippen LogP contribution in [0, 0.1) is 0 Å². The van der Waals surface area contributed by atoms with Gasteiger partial charge in [-0.1, -0.05) is 78.3 Å². The summed E-state index contributed by atoms with van der Waals surface area (Å²) in [4.78, 5) is 0. The molecule has 25 heavy (non-hydrogen) atoms. The van der Waals surface area contributed by atoms with E-state index < -0.39 is 0 Å². The largest absolute Gasteiger partial charge is 0.449 e. The second-order valence-electron chi connectivity index (χ2n) is 5.91. The molecule has 0 N–H and O–H groups in total. The lowest BCUT2D eigenvalue weighted by Crippen LogP contribution is -2.02. The summed E-state index contributed by atoms with van der Waals surface area (Å²) in [5.41, 5.74) is 2.06. The van der Waals surface area contributed by atoms with Crippen molar-refractivity contribution in [2.45, 2.75) is 0 Å². The van der Waals surface area contributed by atoms with Gasteiger partial charge in [0.05, 0.1) is 5.02 Å². The Hall–Kier alpha value is -2.97. The van der Waals surface area contributed by atoms with E-state index >= 15 is 0 Å². The average Bonchev–Trinajstić information content (AvgIpc) is 2.68. The van der Waals surface area contributed by atoms with Crippen LogP contribution >= 0.6 is 11.6 Å². The highest BCUT2D eigenvalue weighted by molar-refractivity contribution is 6.38. The first-order chi connectivity index (χ1) is 12.3. The number of hydrogen-bond acceptors (Lipinski definition) is 2. The zero-order valence-electron chi connectivity index (χ0n) is 13.2. The third kappa shape index (κ3) is 2.19. The van der Waals surface area contributed by atoms with Crippen LogP contribution in [0.25, 0.3) is 21.9 Å². The third-order valence-electron chi connectivity index (χ3n) is 4.40. The average molecular weight is 345 g/mol. The van der Waals surface area contributed by atoms with E-state index in [-0.39, 0.29) is 0 Å². The summed E-state index contributed by atoms with van der Waals surface area (Å²) in [5, 5.41) is 2.56. The Bertz CT molecular complexity index is 1100. The van der Waals surface area contributed by atoms with Crippen LogP contribution < -0.4 is 9.47 Å². The molecule has 0 radical (unpaired) electrons. The van der Waals surface area contributed by atoms with Gasteiger partial charge in [-0.2, -0.15) is 0 Å². The van der Waals surface area contributed by atoms with E-state index in [0.717, 1.165) is 21.9 Å². The highest BCUT2D eigenvalue weighted by Gasteiger charge is 2.27. The number of ether oxygens (including phenoxy) is 2. The fraction of sp³-hybridized carbons (Fsp3) is 0. The van der Waals surface area contributed by atoms with Crippen molar-refractivity contribution < 1.29 is 9.47 Å². The maximum atomic E-state index is 6.68. The van der Waals surface area contributed by atoms with Crippen molar-refractivity contribution in [3.05, 3.63) is 83.9 Å². The molecule has 4 aromatic rings. The molecule has 0 bridgehead atoms. The van der Waals surface area contributed by atoms with Gasteiger partial charge in [-0.3, -0.25) is 0 Å². The summed E-state index contributed by atoms with van der Waals surface area (Å²) in [5.74, 6) is 2.59. The number of rotatable bonds is 1. The molecule has 0 aromatic heterocycles. The molecule has 1 heterocycles. The minimum atomic E-state index is 0.568. The van der Waals surface area contributed by atoms with Gasteiger partial charge in [0, 0.05) is 10.9 Å². The highest BCUT2D eigenvalue weighted by Crippen LogP contribution is 2.55. The molecule has 1 aliphatic rings. The summed E-state index contributed by atoms with van der Waals surface area (Å²) in [6.07, 6.45) is 0. The predicted molar refractivity (Wildman–Crippen MR) is 101 cm³/mol. The molecule has 0 fully saturated rings. The molecule has 0 atom stereocenters. The van der Waals surface area contributed by atoms with E-state index in [0.29, 0.717) is 28.0 Å².